The Balaban J connectivity index is 1.69. The van der Waals surface area contributed by atoms with Crippen molar-refractivity contribution in [3.8, 4) is 0 Å². The molecular formula is C74H120N12O4. The van der Waals surface area contributed by atoms with Crippen molar-refractivity contribution in [2.75, 3.05) is 0 Å². The first kappa shape index (κ1) is 74.4. The van der Waals surface area contributed by atoms with Gasteiger partial charge in [-0.2, -0.15) is 0 Å². The Kier molecular flexibility index (Phi) is 37.9. The number of hydrogen-bond acceptors (Lipinski definition) is 8. The molecule has 8 bridgehead atoms. The number of aromatic nitrogens is 12. The quantitative estimate of drug-likeness (QED) is 0.0276. The molecule has 0 saturated carbocycles. The van der Waals surface area contributed by atoms with E-state index in [-0.39, 0.29) is 22.8 Å². The minimum Gasteiger partial charge on any atom is -0.307 e. The van der Waals surface area contributed by atoms with Gasteiger partial charge in [-0.05, 0) is 99.2 Å². The third-order valence-corrected chi connectivity index (χ3v) is 17.9. The number of aryl methyl sites for hydroxylation is 6. The molecule has 6 aromatic heterocycles. The lowest BCUT2D eigenvalue weighted by molar-refractivity contribution is 0.529. The standard InChI is InChI=1S/C74H120N12O4/c1-7-11-15-19-23-27-31-35-39-43-57-83-67-53-54-68(80-79-67)84(58-44-40-36-32-28-24-20-16-12-8-2)72(88)77-65-51-48-52-66(62(65)6)78-74(90)86(60-46-42-38-34-30-26-22-18-14-10-4)70-56-55-69(81-82-70)85(59-45-41-37-33-29-25-21-17-13-9-3)73(89)76-64-50-47-49-63(61(64)5)75-71(83)87/h47-56H,7-46,57-60H2,1-6H3,(H,75,87)(H,76,89)(H,77,88)(H,78,90). The molecule has 0 aliphatic heterocycles. The summed E-state index contributed by atoms with van der Waals surface area (Å²) in [5, 5.41) is 18.8. The zero-order chi connectivity index (χ0) is 64.2. The minimum absolute atomic E-state index is 0.367. The molecule has 6 heterocycles. The molecule has 0 aliphatic rings. The molecule has 0 aliphatic carbocycles. The molecule has 0 saturated heterocycles. The van der Waals surface area contributed by atoms with Crippen LogP contribution in [0.15, 0.2) is 79.8 Å². The van der Waals surface area contributed by atoms with Crippen LogP contribution in [-0.2, 0) is 26.2 Å². The molecule has 16 nitrogen and oxygen atoms in total. The van der Waals surface area contributed by atoms with Crippen molar-refractivity contribution < 1.29 is 0 Å². The first-order chi connectivity index (χ1) is 44.1. The largest absolute Gasteiger partial charge is 0.327 e. The summed E-state index contributed by atoms with van der Waals surface area (Å²) in [6.07, 6.45) is 46.2. The maximum absolute atomic E-state index is 14.7. The van der Waals surface area contributed by atoms with E-state index in [0.29, 0.717) is 82.0 Å². The van der Waals surface area contributed by atoms with Gasteiger partial charge in [0.1, 0.15) is 0 Å². The van der Waals surface area contributed by atoms with Crippen LogP contribution in [-0.4, -0.2) is 58.6 Å². The van der Waals surface area contributed by atoms with Crippen LogP contribution in [0, 0.1) is 13.8 Å². The van der Waals surface area contributed by atoms with Crippen LogP contribution in [0.5, 0.6) is 0 Å². The fourth-order valence-corrected chi connectivity index (χ4v) is 12.1. The summed E-state index contributed by atoms with van der Waals surface area (Å²) in [6, 6.07) is 18.2. The molecule has 90 heavy (non-hydrogen) atoms. The van der Waals surface area contributed by atoms with Crippen molar-refractivity contribution in [3.05, 3.63) is 114 Å². The topological polar surface area (TPSA) is 203 Å². The maximum atomic E-state index is 14.7. The average Bonchev–Trinajstić information content (AvgIpc) is 1.20. The SMILES string of the molecule is CCCCCCCCCCCCn1c(=O)[nH]c2cccc([nH]c(=O)n(CCCCCCCCCCCC)c3ccc(nn3)n(CCCCCCCCCCCC)c(=O)[nH]c3cccc([nH]c(=O)n(CCCCCCCCCCCC)c4ccc1nn4)c3C)c2C. The normalized spacial score (nSPS) is 11.4. The third-order valence-electron chi connectivity index (χ3n) is 17.9. The fourth-order valence-electron chi connectivity index (χ4n) is 12.1. The second-order valence-corrected chi connectivity index (χ2v) is 25.5. The van der Waals surface area contributed by atoms with E-state index in [0.717, 1.165) is 103 Å². The molecule has 8 rings (SSSR count). The van der Waals surface area contributed by atoms with Gasteiger partial charge in [0, 0.05) is 48.2 Å². The highest BCUT2D eigenvalue weighted by molar-refractivity contribution is 5.68. The summed E-state index contributed by atoms with van der Waals surface area (Å²) in [6.45, 7) is 14.4. The monoisotopic (exact) mass is 1240 g/mol. The molecule has 8 aromatic rings. The molecule has 16 heteroatoms. The van der Waals surface area contributed by atoms with Gasteiger partial charge in [-0.15, -0.1) is 20.4 Å². The minimum atomic E-state index is -0.372. The van der Waals surface area contributed by atoms with E-state index in [1.54, 1.807) is 42.5 Å². The number of rotatable bonds is 44. The Morgan fingerprint density at radius 3 is 0.589 bits per heavy atom. The van der Waals surface area contributed by atoms with E-state index < -0.39 is 0 Å². The van der Waals surface area contributed by atoms with Crippen LogP contribution in [0.4, 0.5) is 0 Å². The second kappa shape index (κ2) is 45.9. The summed E-state index contributed by atoms with van der Waals surface area (Å²) in [5.41, 5.74) is 3.52. The number of H-pyrrole nitrogens is 4. The smallest absolute Gasteiger partial charge is 0.307 e. The highest BCUT2D eigenvalue weighted by atomic mass is 16.2. The average molecular weight is 1240 g/mol. The molecule has 0 atom stereocenters. The zero-order valence-corrected chi connectivity index (χ0v) is 57.1. The molecule has 0 amide bonds. The van der Waals surface area contributed by atoms with Crippen molar-refractivity contribution >= 4 is 44.7 Å². The summed E-state index contributed by atoms with van der Waals surface area (Å²) in [7, 11) is 0. The fraction of sp³-hybridized carbons (Fsp3) is 0.676. The Morgan fingerprint density at radius 1 is 0.256 bits per heavy atom. The molecular weight excluding hydrogens is 1120 g/mol. The molecule has 0 spiro atoms. The van der Waals surface area contributed by atoms with Gasteiger partial charge >= 0.3 is 22.8 Å². The predicted molar refractivity (Wildman–Crippen MR) is 378 cm³/mol. The van der Waals surface area contributed by atoms with Crippen molar-refractivity contribution in [2.45, 2.75) is 325 Å². The van der Waals surface area contributed by atoms with Gasteiger partial charge in [0.15, 0.2) is 22.6 Å². The van der Waals surface area contributed by atoms with Gasteiger partial charge < -0.3 is 19.9 Å². The molecule has 0 radical (unpaired) electrons. The third kappa shape index (κ3) is 28.0. The van der Waals surface area contributed by atoms with Gasteiger partial charge in [0.25, 0.3) is 0 Å². The van der Waals surface area contributed by atoms with Crippen LogP contribution < -0.4 is 22.8 Å². The number of benzene rings is 2. The Morgan fingerprint density at radius 2 is 0.422 bits per heavy atom. The van der Waals surface area contributed by atoms with Crippen LogP contribution in [0.3, 0.4) is 0 Å². The number of nitrogens with zero attached hydrogens (tertiary/aromatic N) is 8. The van der Waals surface area contributed by atoms with E-state index in [4.69, 9.17) is 20.4 Å². The highest BCUT2D eigenvalue weighted by Gasteiger charge is 2.09. The van der Waals surface area contributed by atoms with Crippen LogP contribution in [0.1, 0.15) is 296 Å². The van der Waals surface area contributed by atoms with Crippen molar-refractivity contribution in [3.63, 3.8) is 0 Å². The number of hydrogen-bond donors (Lipinski definition) is 4. The van der Waals surface area contributed by atoms with Crippen LogP contribution in [0.2, 0.25) is 0 Å². The van der Waals surface area contributed by atoms with Gasteiger partial charge in [0.05, 0.1) is 0 Å². The van der Waals surface area contributed by atoms with Crippen LogP contribution >= 0.6 is 0 Å². The molecule has 4 N–H and O–H groups in total. The predicted octanol–water partition coefficient (Wildman–Crippen LogP) is 19.2. The molecule has 0 fully saturated rings. The van der Waals surface area contributed by atoms with E-state index in [2.05, 4.69) is 47.6 Å². The first-order valence-electron chi connectivity index (χ1n) is 36.3. The van der Waals surface area contributed by atoms with Crippen molar-refractivity contribution in [1.82, 2.24) is 58.6 Å². The summed E-state index contributed by atoms with van der Waals surface area (Å²) in [4.78, 5) is 71.7. The lowest BCUT2D eigenvalue weighted by Gasteiger charge is -2.09. The number of aromatic amines is 4. The first-order valence-corrected chi connectivity index (χ1v) is 36.3. The van der Waals surface area contributed by atoms with Crippen molar-refractivity contribution in [2.24, 2.45) is 0 Å². The van der Waals surface area contributed by atoms with Crippen LogP contribution in [0.25, 0.3) is 44.7 Å². The van der Waals surface area contributed by atoms with Gasteiger partial charge in [-0.25, -0.2) is 19.2 Å². The van der Waals surface area contributed by atoms with E-state index >= 15 is 0 Å². The summed E-state index contributed by atoms with van der Waals surface area (Å²) >= 11 is 0. The Labute approximate surface area is 539 Å². The lowest BCUT2D eigenvalue weighted by atomic mass is 10.1. The Hall–Kier alpha value is -6.32. The van der Waals surface area contributed by atoms with Gasteiger partial charge in [-0.1, -0.05) is 271 Å². The maximum Gasteiger partial charge on any atom is 0.327 e. The van der Waals surface area contributed by atoms with Gasteiger partial charge in [0.2, 0.25) is 0 Å². The Bertz CT molecular complexity index is 2900. The van der Waals surface area contributed by atoms with Crippen molar-refractivity contribution in [1.29, 1.82) is 0 Å². The van der Waals surface area contributed by atoms with Gasteiger partial charge in [-0.3, -0.25) is 18.3 Å². The van der Waals surface area contributed by atoms with E-state index in [1.807, 2.05) is 50.2 Å². The number of unbranched alkanes of at least 4 members (excludes halogenated alkanes) is 36. The summed E-state index contributed by atoms with van der Waals surface area (Å²) < 4.78 is 6.56. The molecule has 2 aromatic carbocycles. The zero-order valence-electron chi connectivity index (χ0n) is 57.1. The molecule has 0 unspecified atom stereocenters. The summed E-state index contributed by atoms with van der Waals surface area (Å²) in [5.74, 6) is 0. The molecule has 500 valence electrons. The highest BCUT2D eigenvalue weighted by Crippen LogP contribution is 2.17. The number of nitrogens with one attached hydrogen (secondary N) is 4. The van der Waals surface area contributed by atoms with E-state index in [1.165, 1.54) is 154 Å². The second-order valence-electron chi connectivity index (χ2n) is 25.5. The van der Waals surface area contributed by atoms with E-state index in [9.17, 15) is 19.2 Å². The lowest BCUT2D eigenvalue weighted by Crippen LogP contribution is -2.24.